The number of rotatable bonds is 7. The van der Waals surface area contributed by atoms with Crippen LogP contribution in [0, 0.1) is 0 Å². The smallest absolute Gasteiger partial charge is 0.122 e. The number of hydrogen-bond acceptors (Lipinski definition) is 2. The largest absolute Gasteiger partial charge is 0.493 e. The zero-order valence-electron chi connectivity index (χ0n) is 12.3. The number of ether oxygens (including phenoxy) is 1. The number of fused-ring (bicyclic) bond motifs is 1. The fourth-order valence-corrected chi connectivity index (χ4v) is 2.88. The van der Waals surface area contributed by atoms with E-state index in [0.29, 0.717) is 12.0 Å². The number of benzene rings is 1. The monoisotopic (exact) mass is 261 g/mol. The van der Waals surface area contributed by atoms with Crippen LogP contribution in [-0.4, -0.2) is 19.2 Å². The lowest BCUT2D eigenvalue weighted by atomic mass is 9.88. The fraction of sp³-hybridized carbons (Fsp3) is 0.647. The van der Waals surface area contributed by atoms with Gasteiger partial charge in [-0.25, -0.2) is 0 Å². The first-order chi connectivity index (χ1) is 9.31. The van der Waals surface area contributed by atoms with Gasteiger partial charge < -0.3 is 10.1 Å². The van der Waals surface area contributed by atoms with Crippen molar-refractivity contribution in [2.75, 3.05) is 13.2 Å². The van der Waals surface area contributed by atoms with E-state index in [0.717, 1.165) is 18.9 Å². The van der Waals surface area contributed by atoms with Crippen molar-refractivity contribution in [1.82, 2.24) is 5.32 Å². The average Bonchev–Trinajstić information content (AvgIpc) is 2.45. The third kappa shape index (κ3) is 4.24. The van der Waals surface area contributed by atoms with Crippen LogP contribution in [0.15, 0.2) is 24.3 Å². The van der Waals surface area contributed by atoms with Gasteiger partial charge in [0.25, 0.3) is 0 Å². The quantitative estimate of drug-likeness (QED) is 0.797. The van der Waals surface area contributed by atoms with E-state index in [1.165, 1.54) is 37.7 Å². The number of para-hydroxylation sites is 1. The van der Waals surface area contributed by atoms with Gasteiger partial charge in [0.05, 0.1) is 6.61 Å². The second-order valence-electron chi connectivity index (χ2n) is 5.66. The van der Waals surface area contributed by atoms with Crippen molar-refractivity contribution in [3.63, 3.8) is 0 Å². The van der Waals surface area contributed by atoms with Crippen LogP contribution in [0.1, 0.15) is 57.4 Å². The van der Waals surface area contributed by atoms with Gasteiger partial charge in [-0.2, -0.15) is 0 Å². The summed E-state index contributed by atoms with van der Waals surface area (Å²) < 4.78 is 5.72. The molecule has 0 saturated heterocycles. The van der Waals surface area contributed by atoms with Crippen LogP contribution >= 0.6 is 0 Å². The summed E-state index contributed by atoms with van der Waals surface area (Å²) in [6.07, 6.45) is 6.26. The molecule has 106 valence electrons. The fourth-order valence-electron chi connectivity index (χ4n) is 2.88. The van der Waals surface area contributed by atoms with Crippen molar-refractivity contribution in [3.8, 4) is 5.75 Å². The molecule has 2 heteroatoms. The van der Waals surface area contributed by atoms with Gasteiger partial charge in [-0.05, 0) is 56.7 Å². The zero-order valence-corrected chi connectivity index (χ0v) is 12.3. The van der Waals surface area contributed by atoms with Gasteiger partial charge >= 0.3 is 0 Å². The standard InChI is InChI=1S/C17H27NO/c1-3-12-18-14(2)7-6-8-15-11-13-19-17-10-5-4-9-16(15)17/h4-5,9-10,14-15,18H,3,6-8,11-13H2,1-2H3. The van der Waals surface area contributed by atoms with Crippen molar-refractivity contribution in [3.05, 3.63) is 29.8 Å². The van der Waals surface area contributed by atoms with E-state index in [1.54, 1.807) is 0 Å². The zero-order chi connectivity index (χ0) is 13.5. The van der Waals surface area contributed by atoms with E-state index in [-0.39, 0.29) is 0 Å². The normalized spacial score (nSPS) is 19.6. The van der Waals surface area contributed by atoms with Gasteiger partial charge in [0, 0.05) is 6.04 Å². The Kier molecular flexibility index (Phi) is 5.71. The molecule has 0 amide bonds. The molecular weight excluding hydrogens is 234 g/mol. The molecule has 2 rings (SSSR count). The van der Waals surface area contributed by atoms with Crippen molar-refractivity contribution in [2.24, 2.45) is 0 Å². The van der Waals surface area contributed by atoms with Crippen LogP contribution in [0.3, 0.4) is 0 Å². The molecule has 1 aliphatic heterocycles. The second-order valence-corrected chi connectivity index (χ2v) is 5.66. The number of hydrogen-bond donors (Lipinski definition) is 1. The van der Waals surface area contributed by atoms with Gasteiger partial charge in [-0.15, -0.1) is 0 Å². The molecule has 1 aromatic carbocycles. The Bertz CT molecular complexity index is 377. The summed E-state index contributed by atoms with van der Waals surface area (Å²) in [4.78, 5) is 0. The van der Waals surface area contributed by atoms with Crippen molar-refractivity contribution >= 4 is 0 Å². The van der Waals surface area contributed by atoms with E-state index in [2.05, 4.69) is 43.4 Å². The maximum Gasteiger partial charge on any atom is 0.122 e. The van der Waals surface area contributed by atoms with Gasteiger partial charge in [0.1, 0.15) is 5.75 Å². The first-order valence-electron chi connectivity index (χ1n) is 7.76. The molecule has 0 spiro atoms. The predicted octanol–water partition coefficient (Wildman–Crippen LogP) is 4.11. The van der Waals surface area contributed by atoms with Crippen molar-refractivity contribution in [2.45, 2.75) is 57.9 Å². The summed E-state index contributed by atoms with van der Waals surface area (Å²) in [5, 5.41) is 3.56. The summed E-state index contributed by atoms with van der Waals surface area (Å²) in [6, 6.07) is 9.18. The second kappa shape index (κ2) is 7.54. The molecule has 1 N–H and O–H groups in total. The molecule has 1 aliphatic rings. The highest BCUT2D eigenvalue weighted by molar-refractivity contribution is 5.37. The molecule has 0 bridgehead atoms. The van der Waals surface area contributed by atoms with Crippen molar-refractivity contribution < 1.29 is 4.74 Å². The first kappa shape index (κ1) is 14.4. The lowest BCUT2D eigenvalue weighted by Crippen LogP contribution is -2.26. The highest BCUT2D eigenvalue weighted by Crippen LogP contribution is 2.36. The third-order valence-electron chi connectivity index (χ3n) is 4.02. The minimum absolute atomic E-state index is 0.648. The molecule has 2 nitrogen and oxygen atoms in total. The summed E-state index contributed by atoms with van der Waals surface area (Å²) >= 11 is 0. The van der Waals surface area contributed by atoms with Crippen LogP contribution in [0.5, 0.6) is 5.75 Å². The summed E-state index contributed by atoms with van der Waals surface area (Å²) in [5.41, 5.74) is 1.42. The maximum absolute atomic E-state index is 5.72. The Morgan fingerprint density at radius 1 is 1.37 bits per heavy atom. The maximum atomic E-state index is 5.72. The minimum Gasteiger partial charge on any atom is -0.493 e. The SMILES string of the molecule is CCCNC(C)CCCC1CCOc2ccccc21. The van der Waals surface area contributed by atoms with Gasteiger partial charge in [-0.3, -0.25) is 0 Å². The van der Waals surface area contributed by atoms with Gasteiger partial charge in [0.2, 0.25) is 0 Å². The highest BCUT2D eigenvalue weighted by Gasteiger charge is 2.20. The van der Waals surface area contributed by atoms with E-state index < -0.39 is 0 Å². The summed E-state index contributed by atoms with van der Waals surface area (Å²) in [6.45, 7) is 6.54. The molecule has 0 aromatic heterocycles. The van der Waals surface area contributed by atoms with Crippen LogP contribution in [0.2, 0.25) is 0 Å². The highest BCUT2D eigenvalue weighted by atomic mass is 16.5. The van der Waals surface area contributed by atoms with Crippen LogP contribution in [0.4, 0.5) is 0 Å². The molecule has 0 saturated carbocycles. The molecule has 19 heavy (non-hydrogen) atoms. The molecule has 2 atom stereocenters. The van der Waals surface area contributed by atoms with E-state index >= 15 is 0 Å². The van der Waals surface area contributed by atoms with Crippen molar-refractivity contribution in [1.29, 1.82) is 0 Å². The first-order valence-corrected chi connectivity index (χ1v) is 7.76. The third-order valence-corrected chi connectivity index (χ3v) is 4.02. The molecule has 0 fully saturated rings. The Labute approximate surface area is 117 Å². The van der Waals surface area contributed by atoms with Crippen LogP contribution < -0.4 is 10.1 Å². The van der Waals surface area contributed by atoms with E-state index in [1.807, 2.05) is 0 Å². The van der Waals surface area contributed by atoms with E-state index in [9.17, 15) is 0 Å². The topological polar surface area (TPSA) is 21.3 Å². The Morgan fingerprint density at radius 3 is 3.05 bits per heavy atom. The number of nitrogens with one attached hydrogen (secondary N) is 1. The summed E-state index contributed by atoms with van der Waals surface area (Å²) in [5.74, 6) is 1.80. The summed E-state index contributed by atoms with van der Waals surface area (Å²) in [7, 11) is 0. The Balaban J connectivity index is 1.78. The Hall–Kier alpha value is -1.02. The van der Waals surface area contributed by atoms with Gasteiger partial charge in [-0.1, -0.05) is 31.5 Å². The van der Waals surface area contributed by atoms with E-state index in [4.69, 9.17) is 4.74 Å². The molecule has 2 unspecified atom stereocenters. The molecular formula is C17H27NO. The molecule has 1 heterocycles. The lowest BCUT2D eigenvalue weighted by Gasteiger charge is -2.26. The molecule has 1 aromatic rings. The van der Waals surface area contributed by atoms with Crippen LogP contribution in [0.25, 0.3) is 0 Å². The molecule has 0 radical (unpaired) electrons. The predicted molar refractivity (Wildman–Crippen MR) is 80.9 cm³/mol. The lowest BCUT2D eigenvalue weighted by molar-refractivity contribution is 0.260. The minimum atomic E-state index is 0.648. The van der Waals surface area contributed by atoms with Crippen LogP contribution in [-0.2, 0) is 0 Å². The van der Waals surface area contributed by atoms with Gasteiger partial charge in [0.15, 0.2) is 0 Å². The molecule has 0 aliphatic carbocycles. The Morgan fingerprint density at radius 2 is 2.21 bits per heavy atom. The average molecular weight is 261 g/mol.